The van der Waals surface area contributed by atoms with Crippen molar-refractivity contribution in [3.8, 4) is 0 Å². The van der Waals surface area contributed by atoms with E-state index in [4.69, 9.17) is 10.2 Å². The normalized spacial score (nSPS) is 9.79. The van der Waals surface area contributed by atoms with E-state index in [9.17, 15) is 0 Å². The summed E-state index contributed by atoms with van der Waals surface area (Å²) >= 11 is 0. The molecule has 0 aromatic rings. The van der Waals surface area contributed by atoms with E-state index in [0.717, 1.165) is 0 Å². The van der Waals surface area contributed by atoms with E-state index < -0.39 is 6.29 Å². The first-order valence-corrected chi connectivity index (χ1v) is 7.75. The molecular weight excluding hydrogens is 306 g/mol. The van der Waals surface area contributed by atoms with Gasteiger partial charge in [0.1, 0.15) is 0 Å². The minimum atomic E-state index is -1.34. The monoisotopic (exact) mass is 341 g/mol. The van der Waals surface area contributed by atoms with Crippen LogP contribution in [0.5, 0.6) is 0 Å². The molecule has 0 radical (unpaired) electrons. The Balaban J connectivity index is -0.000000366. The lowest BCUT2D eigenvalue weighted by molar-refractivity contribution is -0.0309. The fourth-order valence-corrected chi connectivity index (χ4v) is 1.74. The molecule has 3 nitrogen and oxygen atoms in total. The Morgan fingerprint density at radius 3 is 1.05 bits per heavy atom. The maximum atomic E-state index is 7.79. The van der Waals surface area contributed by atoms with E-state index in [2.05, 4.69) is 19.6 Å². The Morgan fingerprint density at radius 1 is 0.684 bits per heavy atom. The number of hydrogen-bond donors (Lipinski definition) is 3. The van der Waals surface area contributed by atoms with Crippen LogP contribution in [0.3, 0.4) is 0 Å². The molecule has 4 N–H and O–H groups in total. The lowest BCUT2D eigenvalue weighted by Crippen LogP contribution is -2.17. The molecule has 0 aliphatic rings. The van der Waals surface area contributed by atoms with Crippen molar-refractivity contribution >= 4 is 17.0 Å². The van der Waals surface area contributed by atoms with Crippen molar-refractivity contribution in [2.75, 3.05) is 6.54 Å². The van der Waals surface area contributed by atoms with Gasteiger partial charge in [0.15, 0.2) is 6.29 Å². The summed E-state index contributed by atoms with van der Waals surface area (Å²) < 4.78 is 0. The van der Waals surface area contributed by atoms with E-state index in [1.165, 1.54) is 70.6 Å². The highest BCUT2D eigenvalue weighted by Gasteiger charge is 1.91. The van der Waals surface area contributed by atoms with Crippen molar-refractivity contribution in [3.63, 3.8) is 0 Å². The zero-order chi connectivity index (χ0) is 14.1. The summed E-state index contributed by atoms with van der Waals surface area (Å²) in [6.07, 6.45) is 14.6. The number of rotatable bonds is 11. The molecule has 0 aromatic heterocycles. The molecule has 0 atom stereocenters. The molecule has 0 heterocycles. The minimum Gasteiger partial charge on any atom is -0.367 e. The Bertz CT molecular complexity index is 125. The van der Waals surface area contributed by atoms with Crippen LogP contribution in [0, 0.1) is 0 Å². The maximum Gasteiger partial charge on any atom is 0.163 e. The van der Waals surface area contributed by atoms with Gasteiger partial charge < -0.3 is 15.9 Å². The number of aliphatic hydroxyl groups is 2. The molecule has 0 unspecified atom stereocenters. The van der Waals surface area contributed by atoms with Crippen molar-refractivity contribution < 1.29 is 10.2 Å². The van der Waals surface area contributed by atoms with Gasteiger partial charge in [0.2, 0.25) is 0 Å². The first kappa shape index (κ1) is 24.4. The van der Waals surface area contributed by atoms with Crippen molar-refractivity contribution in [2.24, 2.45) is 5.73 Å². The molecular formula is C15H36BrNO2. The predicted molar refractivity (Wildman–Crippen MR) is 89.7 cm³/mol. The highest BCUT2D eigenvalue weighted by atomic mass is 79.9. The Kier molecular flexibility index (Phi) is 30.1. The number of unbranched alkanes of at least 4 members (excludes halogenated alkanes) is 10. The zero-order valence-corrected chi connectivity index (χ0v) is 14.7. The minimum absolute atomic E-state index is 0. The molecule has 0 aliphatic heterocycles. The van der Waals surface area contributed by atoms with Crippen LogP contribution in [0.1, 0.15) is 84.5 Å². The third-order valence-electron chi connectivity index (χ3n) is 2.92. The summed E-state index contributed by atoms with van der Waals surface area (Å²) in [6, 6.07) is 0. The molecule has 120 valence electrons. The molecule has 0 spiro atoms. The van der Waals surface area contributed by atoms with Gasteiger partial charge in [-0.1, -0.05) is 84.5 Å². The summed E-state index contributed by atoms with van der Waals surface area (Å²) in [5.74, 6) is 0. The van der Waals surface area contributed by atoms with Crippen molar-refractivity contribution in [1.82, 2.24) is 0 Å². The molecule has 0 aliphatic carbocycles. The van der Waals surface area contributed by atoms with Gasteiger partial charge >= 0.3 is 0 Å². The molecule has 4 heteroatoms. The summed E-state index contributed by atoms with van der Waals surface area (Å²) in [5, 5.41) is 15.6. The third kappa shape index (κ3) is 32.2. The zero-order valence-electron chi connectivity index (χ0n) is 12.9. The predicted octanol–water partition coefficient (Wildman–Crippen LogP) is 4.15. The molecule has 0 bridgehead atoms. The van der Waals surface area contributed by atoms with Crippen LogP contribution in [0.15, 0.2) is 0 Å². The second-order valence-corrected chi connectivity index (χ2v) is 4.90. The van der Waals surface area contributed by atoms with Crippen molar-refractivity contribution in [2.45, 2.75) is 90.8 Å². The van der Waals surface area contributed by atoms with Gasteiger partial charge in [-0.25, -0.2) is 0 Å². The molecule has 0 amide bonds. The smallest absolute Gasteiger partial charge is 0.163 e. The second-order valence-electron chi connectivity index (χ2n) is 4.90. The third-order valence-corrected chi connectivity index (χ3v) is 2.92. The van der Waals surface area contributed by atoms with Gasteiger partial charge in [0.25, 0.3) is 0 Å². The molecule has 19 heavy (non-hydrogen) atoms. The first-order valence-electron chi connectivity index (χ1n) is 7.75. The molecule has 0 rings (SSSR count). The van der Waals surface area contributed by atoms with E-state index in [0.29, 0.717) is 0 Å². The van der Waals surface area contributed by atoms with Crippen LogP contribution >= 0.6 is 17.0 Å². The first-order chi connectivity index (χ1) is 8.68. The summed E-state index contributed by atoms with van der Waals surface area (Å²) in [7, 11) is 0. The average Bonchev–Trinajstić information content (AvgIpc) is 2.37. The topological polar surface area (TPSA) is 66.5 Å². The van der Waals surface area contributed by atoms with Gasteiger partial charge in [-0.15, -0.1) is 17.0 Å². The lowest BCUT2D eigenvalue weighted by Gasteiger charge is -2.00. The number of hydrogen-bond acceptors (Lipinski definition) is 3. The Morgan fingerprint density at radius 2 is 0.895 bits per heavy atom. The van der Waals surface area contributed by atoms with Gasteiger partial charge in [-0.3, -0.25) is 0 Å². The average molecular weight is 342 g/mol. The van der Waals surface area contributed by atoms with Crippen LogP contribution < -0.4 is 5.73 Å². The lowest BCUT2D eigenvalue weighted by atomic mass is 10.1. The molecule has 0 aromatic carbocycles. The van der Waals surface area contributed by atoms with Gasteiger partial charge in [-0.05, 0) is 0 Å². The van der Waals surface area contributed by atoms with Crippen LogP contribution in [-0.2, 0) is 0 Å². The second kappa shape index (κ2) is 23.5. The van der Waals surface area contributed by atoms with Crippen molar-refractivity contribution in [3.05, 3.63) is 0 Å². The summed E-state index contributed by atoms with van der Waals surface area (Å²) in [6.45, 7) is 4.48. The number of halogens is 1. The van der Waals surface area contributed by atoms with Gasteiger partial charge in [0, 0.05) is 6.54 Å². The van der Waals surface area contributed by atoms with Crippen LogP contribution in [0.2, 0.25) is 0 Å². The van der Waals surface area contributed by atoms with E-state index >= 15 is 0 Å². The summed E-state index contributed by atoms with van der Waals surface area (Å²) in [5.41, 5.74) is 4.67. The van der Waals surface area contributed by atoms with E-state index in [1.807, 2.05) is 0 Å². The Labute approximate surface area is 130 Å². The van der Waals surface area contributed by atoms with Crippen molar-refractivity contribution in [1.29, 1.82) is 0 Å². The highest BCUT2D eigenvalue weighted by molar-refractivity contribution is 8.93. The quantitative estimate of drug-likeness (QED) is 0.390. The molecule has 0 fully saturated rings. The fourth-order valence-electron chi connectivity index (χ4n) is 1.74. The Hall–Kier alpha value is 0.360. The highest BCUT2D eigenvalue weighted by Crippen LogP contribution is 2.10. The molecule has 0 saturated heterocycles. The van der Waals surface area contributed by atoms with Crippen LogP contribution in [0.4, 0.5) is 0 Å². The SMILES string of the molecule is Br.CCCCCCCCCCCCC.NCC(O)O. The maximum absolute atomic E-state index is 7.79. The van der Waals surface area contributed by atoms with Crippen LogP contribution in [-0.4, -0.2) is 23.0 Å². The molecule has 0 saturated carbocycles. The van der Waals surface area contributed by atoms with Gasteiger partial charge in [0.05, 0.1) is 0 Å². The van der Waals surface area contributed by atoms with Crippen LogP contribution in [0.25, 0.3) is 0 Å². The summed E-state index contributed by atoms with van der Waals surface area (Å²) in [4.78, 5) is 0. The standard InChI is InChI=1S/C13H28.C2H7NO2.BrH/c1-3-5-7-9-11-13-12-10-8-6-4-2;3-1-2(4)5;/h3-13H2,1-2H3;2,4-5H,1,3H2;1H. The van der Waals surface area contributed by atoms with E-state index in [1.54, 1.807) is 0 Å². The largest absolute Gasteiger partial charge is 0.367 e. The van der Waals surface area contributed by atoms with Gasteiger partial charge in [-0.2, -0.15) is 0 Å². The van der Waals surface area contributed by atoms with E-state index in [-0.39, 0.29) is 23.5 Å². The number of nitrogens with two attached hydrogens (primary N) is 1. The fraction of sp³-hybridized carbons (Fsp3) is 1.00. The number of aliphatic hydroxyl groups excluding tert-OH is 1.